The Labute approximate surface area is 124 Å². The molecule has 0 bridgehead atoms. The van der Waals surface area contributed by atoms with Crippen molar-refractivity contribution in [1.29, 1.82) is 0 Å². The van der Waals surface area contributed by atoms with Gasteiger partial charge in [-0.15, -0.1) is 11.8 Å². The number of fused-ring (bicyclic) bond motifs is 1. The monoisotopic (exact) mass is 298 g/mol. The van der Waals surface area contributed by atoms with Crippen LogP contribution in [0, 0.1) is 5.92 Å². The highest BCUT2D eigenvalue weighted by Crippen LogP contribution is 2.44. The van der Waals surface area contributed by atoms with Crippen molar-refractivity contribution in [3.8, 4) is 0 Å². The van der Waals surface area contributed by atoms with Crippen LogP contribution >= 0.6 is 11.8 Å². The van der Waals surface area contributed by atoms with Crippen molar-refractivity contribution in [1.82, 2.24) is 10.2 Å². The first-order valence-corrected chi connectivity index (χ1v) is 7.97. The van der Waals surface area contributed by atoms with Crippen molar-refractivity contribution < 1.29 is 14.3 Å². The quantitative estimate of drug-likeness (QED) is 0.794. The second-order valence-electron chi connectivity index (χ2n) is 5.57. The van der Waals surface area contributed by atoms with Crippen LogP contribution in [0.4, 0.5) is 0 Å². The summed E-state index contributed by atoms with van der Waals surface area (Å²) >= 11 is 1.67. The van der Waals surface area contributed by atoms with Crippen LogP contribution in [0.15, 0.2) is 10.6 Å². The standard InChI is InChI=1S/C14H22N2O3S/c1-8(2)19-14(18)12-9(3)6-16-10(5-11(17)15-4)7-20-13(12)16/h8-10H,5-7H2,1-4H3,(H,15,17). The van der Waals surface area contributed by atoms with Gasteiger partial charge >= 0.3 is 5.97 Å². The Bertz CT molecular complexity index is 448. The highest BCUT2D eigenvalue weighted by atomic mass is 32.2. The molecule has 0 aromatic carbocycles. The van der Waals surface area contributed by atoms with Gasteiger partial charge in [0.2, 0.25) is 5.91 Å². The Morgan fingerprint density at radius 3 is 2.80 bits per heavy atom. The third kappa shape index (κ3) is 2.95. The number of carbonyl (C=O) groups is 2. The van der Waals surface area contributed by atoms with E-state index < -0.39 is 0 Å². The summed E-state index contributed by atoms with van der Waals surface area (Å²) in [6.07, 6.45) is 0.372. The molecule has 1 saturated heterocycles. The molecule has 0 spiro atoms. The van der Waals surface area contributed by atoms with Crippen LogP contribution in [-0.2, 0) is 14.3 Å². The lowest BCUT2D eigenvalue weighted by molar-refractivity contribution is -0.143. The van der Waals surface area contributed by atoms with Crippen molar-refractivity contribution in [2.75, 3.05) is 19.3 Å². The zero-order valence-electron chi connectivity index (χ0n) is 12.4. The number of hydrogen-bond donors (Lipinski definition) is 1. The van der Waals surface area contributed by atoms with E-state index in [0.29, 0.717) is 6.42 Å². The molecule has 2 aliphatic heterocycles. The minimum Gasteiger partial charge on any atom is -0.460 e. The predicted octanol–water partition coefficient (Wildman–Crippen LogP) is 1.35. The number of amides is 1. The molecule has 5 nitrogen and oxygen atoms in total. The third-order valence-corrected chi connectivity index (χ3v) is 4.85. The Hall–Kier alpha value is -1.17. The summed E-state index contributed by atoms with van der Waals surface area (Å²) in [5.41, 5.74) is 0.781. The number of esters is 1. The van der Waals surface area contributed by atoms with Crippen molar-refractivity contribution in [2.24, 2.45) is 5.92 Å². The summed E-state index contributed by atoms with van der Waals surface area (Å²) in [5, 5.41) is 3.67. The number of rotatable bonds is 4. The highest BCUT2D eigenvalue weighted by Gasteiger charge is 2.42. The van der Waals surface area contributed by atoms with Crippen LogP contribution < -0.4 is 5.32 Å². The van der Waals surface area contributed by atoms with Crippen LogP contribution in [0.5, 0.6) is 0 Å². The summed E-state index contributed by atoms with van der Waals surface area (Å²) in [7, 11) is 1.65. The molecule has 2 aliphatic rings. The lowest BCUT2D eigenvalue weighted by atomic mass is 10.1. The number of nitrogens with one attached hydrogen (secondary N) is 1. The van der Waals surface area contributed by atoms with Crippen molar-refractivity contribution >= 4 is 23.6 Å². The maximum Gasteiger partial charge on any atom is 0.337 e. The molecule has 0 aliphatic carbocycles. The van der Waals surface area contributed by atoms with E-state index >= 15 is 0 Å². The van der Waals surface area contributed by atoms with Crippen LogP contribution in [0.3, 0.4) is 0 Å². The molecule has 0 aromatic heterocycles. The minimum absolute atomic E-state index is 0.0442. The van der Waals surface area contributed by atoms with E-state index in [2.05, 4.69) is 10.2 Å². The maximum atomic E-state index is 12.2. The van der Waals surface area contributed by atoms with Gasteiger partial charge < -0.3 is 15.0 Å². The van der Waals surface area contributed by atoms with E-state index in [1.54, 1.807) is 18.8 Å². The van der Waals surface area contributed by atoms with Crippen LogP contribution in [0.25, 0.3) is 0 Å². The second-order valence-corrected chi connectivity index (χ2v) is 6.58. The van der Waals surface area contributed by atoms with E-state index in [1.165, 1.54) is 0 Å². The average molecular weight is 298 g/mol. The second kappa shape index (κ2) is 6.08. The van der Waals surface area contributed by atoms with E-state index in [9.17, 15) is 9.59 Å². The maximum absolute atomic E-state index is 12.2. The highest BCUT2D eigenvalue weighted by molar-refractivity contribution is 8.03. The summed E-state index contributed by atoms with van der Waals surface area (Å²) < 4.78 is 5.33. The number of ether oxygens (including phenoxy) is 1. The smallest absolute Gasteiger partial charge is 0.337 e. The van der Waals surface area contributed by atoms with Gasteiger partial charge in [-0.25, -0.2) is 4.79 Å². The molecule has 2 unspecified atom stereocenters. The van der Waals surface area contributed by atoms with Gasteiger partial charge in [0.25, 0.3) is 0 Å². The van der Waals surface area contributed by atoms with Crippen molar-refractivity contribution in [2.45, 2.75) is 39.3 Å². The zero-order chi connectivity index (χ0) is 14.9. The Morgan fingerprint density at radius 1 is 1.50 bits per heavy atom. The van der Waals surface area contributed by atoms with E-state index in [-0.39, 0.29) is 29.9 Å². The molecule has 1 N–H and O–H groups in total. The topological polar surface area (TPSA) is 58.6 Å². The van der Waals surface area contributed by atoms with Gasteiger partial charge in [0.1, 0.15) is 0 Å². The fraction of sp³-hybridized carbons (Fsp3) is 0.714. The molecule has 0 aromatic rings. The van der Waals surface area contributed by atoms with E-state index in [1.807, 2.05) is 20.8 Å². The largest absolute Gasteiger partial charge is 0.460 e. The van der Waals surface area contributed by atoms with E-state index in [4.69, 9.17) is 4.74 Å². The summed E-state index contributed by atoms with van der Waals surface area (Å²) in [6.45, 7) is 6.56. The summed E-state index contributed by atoms with van der Waals surface area (Å²) in [4.78, 5) is 25.9. The van der Waals surface area contributed by atoms with Gasteiger partial charge in [-0.05, 0) is 13.8 Å². The first-order valence-electron chi connectivity index (χ1n) is 6.99. The Morgan fingerprint density at radius 2 is 2.20 bits per heavy atom. The minimum atomic E-state index is -0.210. The molecular weight excluding hydrogens is 276 g/mol. The normalized spacial score (nSPS) is 25.1. The average Bonchev–Trinajstić information content (AvgIpc) is 2.87. The number of carbonyl (C=O) groups excluding carboxylic acids is 2. The first kappa shape index (κ1) is 15.2. The molecule has 0 radical (unpaired) electrons. The molecule has 2 rings (SSSR count). The van der Waals surface area contributed by atoms with Crippen LogP contribution in [0.1, 0.15) is 27.2 Å². The summed E-state index contributed by atoms with van der Waals surface area (Å²) in [6, 6.07) is 0.182. The van der Waals surface area contributed by atoms with Crippen LogP contribution in [-0.4, -0.2) is 48.3 Å². The Balaban J connectivity index is 2.14. The zero-order valence-corrected chi connectivity index (χ0v) is 13.3. The lowest BCUT2D eigenvalue weighted by Crippen LogP contribution is -2.34. The molecule has 2 heterocycles. The molecule has 20 heavy (non-hydrogen) atoms. The van der Waals surface area contributed by atoms with Gasteiger partial charge in [-0.2, -0.15) is 0 Å². The van der Waals surface area contributed by atoms with Gasteiger partial charge in [-0.3, -0.25) is 4.79 Å². The Kier molecular flexibility index (Phi) is 4.62. The molecule has 1 amide bonds. The van der Waals surface area contributed by atoms with Crippen LogP contribution in [0.2, 0.25) is 0 Å². The first-order chi connectivity index (χ1) is 9.43. The number of nitrogens with zero attached hydrogens (tertiary/aromatic N) is 1. The van der Waals surface area contributed by atoms with Crippen molar-refractivity contribution in [3.05, 3.63) is 10.6 Å². The fourth-order valence-corrected chi connectivity index (χ4v) is 4.10. The molecule has 0 saturated carbocycles. The fourth-order valence-electron chi connectivity index (χ4n) is 2.63. The SMILES string of the molecule is CNC(=O)CC1CSC2=C(C(=O)OC(C)C)C(C)CN21. The predicted molar refractivity (Wildman–Crippen MR) is 79.1 cm³/mol. The number of thioether (sulfide) groups is 1. The van der Waals surface area contributed by atoms with Gasteiger partial charge in [-0.1, -0.05) is 6.92 Å². The molecular formula is C14H22N2O3S. The van der Waals surface area contributed by atoms with E-state index in [0.717, 1.165) is 22.9 Å². The molecule has 2 atom stereocenters. The summed E-state index contributed by atoms with van der Waals surface area (Å²) in [5.74, 6) is 0.852. The van der Waals surface area contributed by atoms with Gasteiger partial charge in [0, 0.05) is 37.7 Å². The van der Waals surface area contributed by atoms with Gasteiger partial charge in [0.15, 0.2) is 0 Å². The van der Waals surface area contributed by atoms with Crippen molar-refractivity contribution in [3.63, 3.8) is 0 Å². The third-order valence-electron chi connectivity index (χ3n) is 3.57. The molecule has 112 valence electrons. The lowest BCUT2D eigenvalue weighted by Gasteiger charge is -2.22. The van der Waals surface area contributed by atoms with Gasteiger partial charge in [0.05, 0.1) is 16.7 Å². The number of hydrogen-bond acceptors (Lipinski definition) is 5. The molecule has 1 fully saturated rings. The molecule has 6 heteroatoms.